The molecule has 3 N–H and O–H groups in total. The van der Waals surface area contributed by atoms with Crippen molar-refractivity contribution >= 4 is 16.0 Å². The molecule has 0 spiro atoms. The summed E-state index contributed by atoms with van der Waals surface area (Å²) in [6.45, 7) is 7.68. The summed E-state index contributed by atoms with van der Waals surface area (Å²) >= 11 is 0. The highest BCUT2D eigenvalue weighted by molar-refractivity contribution is 7.88. The van der Waals surface area contributed by atoms with Gasteiger partial charge in [0.05, 0.1) is 12.4 Å². The predicted molar refractivity (Wildman–Crippen MR) is 103 cm³/mol. The Kier molecular flexibility index (Phi) is 9.16. The van der Waals surface area contributed by atoms with Gasteiger partial charge in [-0.3, -0.25) is 4.99 Å². The van der Waals surface area contributed by atoms with Gasteiger partial charge in [0, 0.05) is 32.3 Å². The number of aliphatic imine (C=N–C) groups is 1. The van der Waals surface area contributed by atoms with Gasteiger partial charge in [-0.2, -0.15) is 0 Å². The third kappa shape index (κ3) is 9.42. The van der Waals surface area contributed by atoms with Crippen molar-refractivity contribution in [1.29, 1.82) is 0 Å². The van der Waals surface area contributed by atoms with Gasteiger partial charge in [-0.1, -0.05) is 12.8 Å². The minimum atomic E-state index is -3.25. The zero-order valence-corrected chi connectivity index (χ0v) is 17.2. The predicted octanol–water partition coefficient (Wildman–Crippen LogP) is 1.46. The van der Waals surface area contributed by atoms with E-state index in [1.807, 2.05) is 20.8 Å². The summed E-state index contributed by atoms with van der Waals surface area (Å²) in [6.07, 6.45) is 7.58. The lowest BCUT2D eigenvalue weighted by Gasteiger charge is -2.27. The maximum absolute atomic E-state index is 11.4. The molecule has 0 aromatic rings. The summed E-state index contributed by atoms with van der Waals surface area (Å²) in [5.41, 5.74) is -0.594. The van der Waals surface area contributed by atoms with E-state index in [1.54, 1.807) is 7.05 Å². The van der Waals surface area contributed by atoms with Crippen molar-refractivity contribution < 1.29 is 13.2 Å². The molecule has 0 aliphatic heterocycles. The largest absolute Gasteiger partial charge is 0.378 e. The Hall–Kier alpha value is -0.860. The van der Waals surface area contributed by atoms with E-state index in [2.05, 4.69) is 20.3 Å². The van der Waals surface area contributed by atoms with Crippen LogP contribution in [-0.4, -0.2) is 59.0 Å². The molecule has 8 heteroatoms. The Balaban J connectivity index is 2.40. The van der Waals surface area contributed by atoms with Gasteiger partial charge in [-0.05, 0) is 46.0 Å². The highest BCUT2D eigenvalue weighted by atomic mass is 32.2. The number of ether oxygens (including phenoxy) is 1. The molecule has 1 rings (SSSR count). The lowest BCUT2D eigenvalue weighted by Crippen LogP contribution is -2.53. The molecule has 0 aromatic carbocycles. The van der Waals surface area contributed by atoms with Gasteiger partial charge in [0.2, 0.25) is 10.0 Å². The maximum Gasteiger partial charge on any atom is 0.209 e. The van der Waals surface area contributed by atoms with Crippen molar-refractivity contribution in [2.45, 2.75) is 64.5 Å². The number of nitrogens with one attached hydrogen (secondary N) is 3. The zero-order valence-electron chi connectivity index (χ0n) is 16.4. The fourth-order valence-electron chi connectivity index (χ4n) is 3.39. The van der Waals surface area contributed by atoms with Crippen LogP contribution in [0.2, 0.25) is 0 Å². The average molecular weight is 377 g/mol. The second kappa shape index (κ2) is 10.3. The smallest absolute Gasteiger partial charge is 0.209 e. The molecule has 1 aliphatic rings. The van der Waals surface area contributed by atoms with E-state index in [1.165, 1.54) is 31.9 Å². The molecule has 1 saturated carbocycles. The molecule has 0 heterocycles. The van der Waals surface area contributed by atoms with Crippen molar-refractivity contribution in [3.8, 4) is 0 Å². The quantitative estimate of drug-likeness (QED) is 0.397. The van der Waals surface area contributed by atoms with Crippen LogP contribution >= 0.6 is 0 Å². The average Bonchev–Trinajstić information content (AvgIpc) is 3.01. The van der Waals surface area contributed by atoms with E-state index < -0.39 is 15.6 Å². The van der Waals surface area contributed by atoms with Crippen LogP contribution in [0.25, 0.3) is 0 Å². The SMILES string of the molecule is CCOC(CCNC(=NC)NCC(C)(C)NS(C)(=O)=O)C1CCCC1. The minimum Gasteiger partial charge on any atom is -0.378 e. The van der Waals surface area contributed by atoms with Crippen LogP contribution in [0.4, 0.5) is 0 Å². The first kappa shape index (κ1) is 22.2. The zero-order chi connectivity index (χ0) is 18.9. The Morgan fingerprint density at radius 1 is 1.28 bits per heavy atom. The Bertz CT molecular complexity index is 514. The molecule has 1 atom stereocenters. The molecule has 0 bridgehead atoms. The molecule has 1 unspecified atom stereocenters. The van der Waals surface area contributed by atoms with Crippen molar-refractivity contribution in [3.05, 3.63) is 0 Å². The molecule has 148 valence electrons. The van der Waals surface area contributed by atoms with E-state index in [0.29, 0.717) is 24.5 Å². The Labute approximate surface area is 153 Å². The van der Waals surface area contributed by atoms with E-state index in [9.17, 15) is 8.42 Å². The highest BCUT2D eigenvalue weighted by Gasteiger charge is 2.25. The van der Waals surface area contributed by atoms with E-state index >= 15 is 0 Å². The van der Waals surface area contributed by atoms with Gasteiger partial charge in [0.25, 0.3) is 0 Å². The van der Waals surface area contributed by atoms with E-state index in [4.69, 9.17) is 4.74 Å². The molecule has 7 nitrogen and oxygen atoms in total. The molecular formula is C17H36N4O3S. The Morgan fingerprint density at radius 3 is 2.44 bits per heavy atom. The second-order valence-electron chi connectivity index (χ2n) is 7.44. The van der Waals surface area contributed by atoms with Crippen LogP contribution in [0, 0.1) is 5.92 Å². The summed E-state index contributed by atoms with van der Waals surface area (Å²) in [5, 5.41) is 6.48. The van der Waals surface area contributed by atoms with Crippen LogP contribution in [0.5, 0.6) is 0 Å². The van der Waals surface area contributed by atoms with E-state index in [-0.39, 0.29) is 0 Å². The number of rotatable bonds is 10. The first-order valence-electron chi connectivity index (χ1n) is 9.22. The van der Waals surface area contributed by atoms with Gasteiger partial charge in [0.1, 0.15) is 0 Å². The normalized spacial score (nSPS) is 18.4. The third-order valence-electron chi connectivity index (χ3n) is 4.41. The van der Waals surface area contributed by atoms with Crippen LogP contribution in [0.1, 0.15) is 52.9 Å². The maximum atomic E-state index is 11.4. The van der Waals surface area contributed by atoms with Crippen molar-refractivity contribution in [1.82, 2.24) is 15.4 Å². The summed E-state index contributed by atoms with van der Waals surface area (Å²) in [5.74, 6) is 1.35. The summed E-state index contributed by atoms with van der Waals surface area (Å²) in [7, 11) is -1.54. The van der Waals surface area contributed by atoms with Gasteiger partial charge < -0.3 is 15.4 Å². The molecule has 0 saturated heterocycles. The van der Waals surface area contributed by atoms with Crippen molar-refractivity contribution in [2.24, 2.45) is 10.9 Å². The molecule has 0 aromatic heterocycles. The molecule has 1 fully saturated rings. The van der Waals surface area contributed by atoms with Crippen molar-refractivity contribution in [2.75, 3.05) is 33.0 Å². The van der Waals surface area contributed by atoms with Gasteiger partial charge in [-0.15, -0.1) is 0 Å². The number of hydrogen-bond acceptors (Lipinski definition) is 4. The topological polar surface area (TPSA) is 91.8 Å². The second-order valence-corrected chi connectivity index (χ2v) is 9.19. The number of nitrogens with zero attached hydrogens (tertiary/aromatic N) is 1. The molecular weight excluding hydrogens is 340 g/mol. The first-order valence-corrected chi connectivity index (χ1v) is 11.1. The summed E-state index contributed by atoms with van der Waals surface area (Å²) in [4.78, 5) is 4.20. The molecule has 25 heavy (non-hydrogen) atoms. The standard InChI is InChI=1S/C17H36N4O3S/c1-6-24-15(14-9-7-8-10-14)11-12-19-16(18-4)20-13-17(2,3)21-25(5,22)23/h14-15,21H,6-13H2,1-5H3,(H2,18,19,20). The Morgan fingerprint density at radius 2 is 1.92 bits per heavy atom. The molecule has 0 amide bonds. The highest BCUT2D eigenvalue weighted by Crippen LogP contribution is 2.30. The third-order valence-corrected chi connectivity index (χ3v) is 5.33. The van der Waals surface area contributed by atoms with Crippen LogP contribution in [0.15, 0.2) is 4.99 Å². The molecule has 0 radical (unpaired) electrons. The van der Waals surface area contributed by atoms with Crippen LogP contribution in [0.3, 0.4) is 0 Å². The summed E-state index contributed by atoms with van der Waals surface area (Å²) in [6, 6.07) is 0. The van der Waals surface area contributed by atoms with Crippen LogP contribution in [-0.2, 0) is 14.8 Å². The lowest BCUT2D eigenvalue weighted by molar-refractivity contribution is 0.0169. The first-order chi connectivity index (χ1) is 11.7. The lowest BCUT2D eigenvalue weighted by atomic mass is 9.98. The van der Waals surface area contributed by atoms with E-state index in [0.717, 1.165) is 19.6 Å². The van der Waals surface area contributed by atoms with Gasteiger partial charge >= 0.3 is 0 Å². The molecule has 1 aliphatic carbocycles. The van der Waals surface area contributed by atoms with Gasteiger partial charge in [0.15, 0.2) is 5.96 Å². The summed E-state index contributed by atoms with van der Waals surface area (Å²) < 4.78 is 31.3. The monoisotopic (exact) mass is 376 g/mol. The van der Waals surface area contributed by atoms with Crippen LogP contribution < -0.4 is 15.4 Å². The van der Waals surface area contributed by atoms with Crippen molar-refractivity contribution in [3.63, 3.8) is 0 Å². The van der Waals surface area contributed by atoms with Gasteiger partial charge in [-0.25, -0.2) is 13.1 Å². The minimum absolute atomic E-state index is 0.307. The fraction of sp³-hybridized carbons (Fsp3) is 0.941. The number of guanidine groups is 1. The number of hydrogen-bond donors (Lipinski definition) is 3. The number of sulfonamides is 1. The fourth-order valence-corrected chi connectivity index (χ4v) is 4.47.